The molecule has 0 fully saturated rings. The standard InChI is InChI=1S/C22H30S/c1-3-5-7-13-19-15-9-11-17-21(19)23-22-18-12-10-16-20(22)14-8-6-4-2/h9-12,15-18H,3-8,13-14H2,1-2H3. The van der Waals surface area contributed by atoms with Crippen LogP contribution in [0.15, 0.2) is 58.3 Å². The number of hydrogen-bond acceptors (Lipinski definition) is 1. The predicted octanol–water partition coefficient (Wildman–Crippen LogP) is 7.30. The molecule has 0 heterocycles. The smallest absolute Gasteiger partial charge is 0.0154 e. The van der Waals surface area contributed by atoms with Gasteiger partial charge in [0.1, 0.15) is 0 Å². The molecule has 2 rings (SSSR count). The Bertz CT molecular complexity index is 522. The Balaban J connectivity index is 2.09. The van der Waals surface area contributed by atoms with Gasteiger partial charge in [-0.2, -0.15) is 0 Å². The molecule has 0 N–H and O–H groups in total. The molecule has 0 saturated heterocycles. The molecule has 2 aromatic rings. The Hall–Kier alpha value is -1.21. The van der Waals surface area contributed by atoms with Crippen molar-refractivity contribution in [2.45, 2.75) is 75.0 Å². The van der Waals surface area contributed by atoms with E-state index in [1.807, 2.05) is 11.8 Å². The van der Waals surface area contributed by atoms with Gasteiger partial charge in [0, 0.05) is 9.79 Å². The lowest BCUT2D eigenvalue weighted by Crippen LogP contribution is -1.92. The predicted molar refractivity (Wildman–Crippen MR) is 103 cm³/mol. The summed E-state index contributed by atoms with van der Waals surface area (Å²) in [5.41, 5.74) is 3.02. The van der Waals surface area contributed by atoms with E-state index in [2.05, 4.69) is 62.4 Å². The second-order valence-corrected chi connectivity index (χ2v) is 7.32. The quantitative estimate of drug-likeness (QED) is 0.413. The minimum absolute atomic E-state index is 1.20. The van der Waals surface area contributed by atoms with Crippen molar-refractivity contribution in [1.29, 1.82) is 0 Å². The van der Waals surface area contributed by atoms with Gasteiger partial charge in [-0.1, -0.05) is 87.7 Å². The van der Waals surface area contributed by atoms with Gasteiger partial charge in [0.15, 0.2) is 0 Å². The van der Waals surface area contributed by atoms with E-state index in [1.165, 1.54) is 72.3 Å². The van der Waals surface area contributed by atoms with Crippen LogP contribution in [-0.2, 0) is 12.8 Å². The zero-order valence-electron chi connectivity index (χ0n) is 14.7. The highest BCUT2D eigenvalue weighted by molar-refractivity contribution is 7.99. The van der Waals surface area contributed by atoms with E-state index in [9.17, 15) is 0 Å². The third-order valence-electron chi connectivity index (χ3n) is 4.26. The van der Waals surface area contributed by atoms with Crippen LogP contribution in [0.1, 0.15) is 63.5 Å². The fourth-order valence-electron chi connectivity index (χ4n) is 2.87. The third-order valence-corrected chi connectivity index (χ3v) is 5.50. The number of rotatable bonds is 10. The van der Waals surface area contributed by atoms with Crippen LogP contribution in [0.5, 0.6) is 0 Å². The van der Waals surface area contributed by atoms with Gasteiger partial charge in [-0.25, -0.2) is 0 Å². The Morgan fingerprint density at radius 3 is 1.48 bits per heavy atom. The van der Waals surface area contributed by atoms with Crippen LogP contribution in [0.3, 0.4) is 0 Å². The van der Waals surface area contributed by atoms with E-state index in [-0.39, 0.29) is 0 Å². The molecule has 124 valence electrons. The highest BCUT2D eigenvalue weighted by Crippen LogP contribution is 2.34. The Kier molecular flexibility index (Phi) is 8.31. The van der Waals surface area contributed by atoms with Crippen molar-refractivity contribution in [2.75, 3.05) is 0 Å². The summed E-state index contributed by atoms with van der Waals surface area (Å²) in [5.74, 6) is 0. The lowest BCUT2D eigenvalue weighted by molar-refractivity contribution is 0.710. The topological polar surface area (TPSA) is 0 Å². The van der Waals surface area contributed by atoms with Crippen molar-refractivity contribution in [3.8, 4) is 0 Å². The molecule has 0 nitrogen and oxygen atoms in total. The average Bonchev–Trinajstić information content (AvgIpc) is 2.58. The molecule has 0 spiro atoms. The molecular weight excluding hydrogens is 296 g/mol. The first-order chi connectivity index (χ1) is 11.3. The number of aryl methyl sites for hydroxylation is 2. The number of hydrogen-bond donors (Lipinski definition) is 0. The summed E-state index contributed by atoms with van der Waals surface area (Å²) < 4.78 is 0. The maximum atomic E-state index is 2.30. The summed E-state index contributed by atoms with van der Waals surface area (Å²) >= 11 is 1.96. The van der Waals surface area contributed by atoms with E-state index in [0.29, 0.717) is 0 Å². The maximum Gasteiger partial charge on any atom is 0.0154 e. The second kappa shape index (κ2) is 10.5. The zero-order valence-corrected chi connectivity index (χ0v) is 15.5. The minimum atomic E-state index is 1.20. The van der Waals surface area contributed by atoms with Gasteiger partial charge in [0.25, 0.3) is 0 Å². The monoisotopic (exact) mass is 326 g/mol. The van der Waals surface area contributed by atoms with Crippen LogP contribution in [0.25, 0.3) is 0 Å². The summed E-state index contributed by atoms with van der Waals surface area (Å²) in [6.07, 6.45) is 10.2. The molecule has 1 heteroatoms. The van der Waals surface area contributed by atoms with Crippen LogP contribution in [0.4, 0.5) is 0 Å². The lowest BCUT2D eigenvalue weighted by atomic mass is 10.1. The molecule has 0 unspecified atom stereocenters. The first kappa shape index (κ1) is 18.1. The molecule has 0 radical (unpaired) electrons. The largest absolute Gasteiger partial charge is 0.0895 e. The molecule has 0 aliphatic carbocycles. The summed E-state index contributed by atoms with van der Waals surface area (Å²) in [5, 5.41) is 0. The molecule has 0 aromatic heterocycles. The Morgan fingerprint density at radius 1 is 0.609 bits per heavy atom. The summed E-state index contributed by atoms with van der Waals surface area (Å²) in [6.45, 7) is 4.54. The Labute approximate surface area is 146 Å². The van der Waals surface area contributed by atoms with Crippen LogP contribution in [-0.4, -0.2) is 0 Å². The summed E-state index contributed by atoms with van der Waals surface area (Å²) in [6, 6.07) is 17.9. The average molecular weight is 327 g/mol. The molecule has 2 aromatic carbocycles. The van der Waals surface area contributed by atoms with Crippen LogP contribution in [0.2, 0.25) is 0 Å². The first-order valence-corrected chi connectivity index (χ1v) is 10.0. The van der Waals surface area contributed by atoms with Crippen molar-refractivity contribution < 1.29 is 0 Å². The van der Waals surface area contributed by atoms with Gasteiger partial charge in [-0.3, -0.25) is 0 Å². The molecule has 0 atom stereocenters. The Morgan fingerprint density at radius 2 is 1.04 bits per heavy atom. The van der Waals surface area contributed by atoms with Crippen LogP contribution in [0, 0.1) is 0 Å². The van der Waals surface area contributed by atoms with Gasteiger partial charge in [0.05, 0.1) is 0 Å². The normalized spacial score (nSPS) is 10.9. The molecule has 0 aliphatic rings. The van der Waals surface area contributed by atoms with Crippen molar-refractivity contribution in [3.63, 3.8) is 0 Å². The molecule has 23 heavy (non-hydrogen) atoms. The van der Waals surface area contributed by atoms with Gasteiger partial charge in [-0.15, -0.1) is 0 Å². The second-order valence-electron chi connectivity index (χ2n) is 6.23. The molecule has 0 bridgehead atoms. The van der Waals surface area contributed by atoms with Crippen molar-refractivity contribution >= 4 is 11.8 Å². The van der Waals surface area contributed by atoms with Crippen LogP contribution < -0.4 is 0 Å². The van der Waals surface area contributed by atoms with E-state index < -0.39 is 0 Å². The van der Waals surface area contributed by atoms with Gasteiger partial charge in [0.2, 0.25) is 0 Å². The van der Waals surface area contributed by atoms with E-state index in [0.717, 1.165) is 0 Å². The SMILES string of the molecule is CCCCCc1ccccc1Sc1ccccc1CCCCC. The molecular formula is C22H30S. The lowest BCUT2D eigenvalue weighted by Gasteiger charge is -2.12. The van der Waals surface area contributed by atoms with E-state index in [4.69, 9.17) is 0 Å². The van der Waals surface area contributed by atoms with Crippen LogP contribution >= 0.6 is 11.8 Å². The van der Waals surface area contributed by atoms with E-state index >= 15 is 0 Å². The first-order valence-electron chi connectivity index (χ1n) is 9.18. The molecule has 0 saturated carbocycles. The zero-order chi connectivity index (χ0) is 16.3. The van der Waals surface area contributed by atoms with Crippen molar-refractivity contribution in [1.82, 2.24) is 0 Å². The third kappa shape index (κ3) is 6.06. The fraction of sp³-hybridized carbons (Fsp3) is 0.455. The fourth-order valence-corrected chi connectivity index (χ4v) is 4.00. The molecule has 0 amide bonds. The number of benzene rings is 2. The van der Waals surface area contributed by atoms with Gasteiger partial charge < -0.3 is 0 Å². The molecule has 0 aliphatic heterocycles. The highest BCUT2D eigenvalue weighted by atomic mass is 32.2. The maximum absolute atomic E-state index is 2.30. The summed E-state index contributed by atoms with van der Waals surface area (Å²) in [4.78, 5) is 2.87. The van der Waals surface area contributed by atoms with Crippen molar-refractivity contribution in [2.24, 2.45) is 0 Å². The van der Waals surface area contributed by atoms with Crippen molar-refractivity contribution in [3.05, 3.63) is 59.7 Å². The van der Waals surface area contributed by atoms with Gasteiger partial charge >= 0.3 is 0 Å². The van der Waals surface area contributed by atoms with E-state index in [1.54, 1.807) is 0 Å². The summed E-state index contributed by atoms with van der Waals surface area (Å²) in [7, 11) is 0. The van der Waals surface area contributed by atoms with Gasteiger partial charge in [-0.05, 0) is 48.9 Å². The highest BCUT2D eigenvalue weighted by Gasteiger charge is 2.07. The minimum Gasteiger partial charge on any atom is -0.0895 e. The number of unbranched alkanes of at least 4 members (excludes halogenated alkanes) is 4.